The third-order valence-electron chi connectivity index (χ3n) is 5.37. The molecule has 11 heteroatoms. The van der Waals surface area contributed by atoms with E-state index in [2.05, 4.69) is 10.1 Å². The van der Waals surface area contributed by atoms with Crippen molar-refractivity contribution in [2.45, 2.75) is 12.3 Å². The highest BCUT2D eigenvalue weighted by Crippen LogP contribution is 2.35. The third-order valence-corrected chi connectivity index (χ3v) is 6.33. The van der Waals surface area contributed by atoms with Crippen molar-refractivity contribution in [2.24, 2.45) is 0 Å². The predicted octanol–water partition coefficient (Wildman–Crippen LogP) is 4.49. The Morgan fingerprint density at radius 2 is 1.89 bits per heavy atom. The van der Waals surface area contributed by atoms with E-state index in [-0.39, 0.29) is 17.9 Å². The first-order valence-electron chi connectivity index (χ1n) is 10.4. The van der Waals surface area contributed by atoms with E-state index in [1.54, 1.807) is 24.3 Å². The standard InChI is InChI=1S/C24H14F3N3O4S/c25-24(26,27)14-5-3-4-13(10-14)16-9-8-15(33-16)11-20-22(31)30-23(35-20)28-21(29-30)19-12-32-17-6-1-2-7-18(17)34-19/h1-11,19H,12H2/b20-11-/t19-/m1/s1. The number of thiazole rings is 1. The fraction of sp³-hybridized carbons (Fsp3) is 0.125. The molecule has 0 bridgehead atoms. The zero-order chi connectivity index (χ0) is 24.2. The van der Waals surface area contributed by atoms with Crippen LogP contribution in [-0.4, -0.2) is 21.2 Å². The van der Waals surface area contributed by atoms with Crippen LogP contribution in [0, 0.1) is 0 Å². The second-order valence-corrected chi connectivity index (χ2v) is 8.73. The van der Waals surface area contributed by atoms with E-state index < -0.39 is 23.4 Å². The zero-order valence-corrected chi connectivity index (χ0v) is 18.5. The molecule has 0 aliphatic carbocycles. The van der Waals surface area contributed by atoms with E-state index in [9.17, 15) is 18.0 Å². The minimum absolute atomic E-state index is 0.215. The van der Waals surface area contributed by atoms with Crippen molar-refractivity contribution in [1.82, 2.24) is 14.6 Å². The summed E-state index contributed by atoms with van der Waals surface area (Å²) in [5, 5.41) is 4.30. The molecule has 176 valence electrons. The van der Waals surface area contributed by atoms with Gasteiger partial charge in [0, 0.05) is 11.6 Å². The fourth-order valence-electron chi connectivity index (χ4n) is 3.70. The maximum atomic E-state index is 13.0. The fourth-order valence-corrected chi connectivity index (χ4v) is 4.59. The Balaban J connectivity index is 1.28. The first-order chi connectivity index (χ1) is 16.8. The molecule has 35 heavy (non-hydrogen) atoms. The number of fused-ring (bicyclic) bond motifs is 2. The summed E-state index contributed by atoms with van der Waals surface area (Å²) < 4.78 is 57.8. The van der Waals surface area contributed by atoms with Gasteiger partial charge in [-0.2, -0.15) is 22.7 Å². The summed E-state index contributed by atoms with van der Waals surface area (Å²) in [6.07, 6.45) is -3.49. The van der Waals surface area contributed by atoms with Gasteiger partial charge >= 0.3 is 6.18 Å². The summed E-state index contributed by atoms with van der Waals surface area (Å²) in [5.74, 6) is 2.12. The van der Waals surface area contributed by atoms with Crippen LogP contribution < -0.4 is 19.6 Å². The summed E-state index contributed by atoms with van der Waals surface area (Å²) in [6, 6.07) is 15.2. The minimum atomic E-state index is -4.45. The van der Waals surface area contributed by atoms with Crippen LogP contribution in [0.4, 0.5) is 13.2 Å². The first kappa shape index (κ1) is 21.4. The van der Waals surface area contributed by atoms with Gasteiger partial charge in [-0.15, -0.1) is 5.10 Å². The van der Waals surface area contributed by atoms with E-state index in [1.807, 2.05) is 12.1 Å². The molecule has 0 spiro atoms. The number of hydrogen-bond donors (Lipinski definition) is 0. The maximum Gasteiger partial charge on any atom is 0.416 e. The lowest BCUT2D eigenvalue weighted by Gasteiger charge is -2.24. The molecule has 2 aromatic carbocycles. The normalized spacial score (nSPS) is 16.2. The topological polar surface area (TPSA) is 78.9 Å². The number of rotatable bonds is 3. The van der Waals surface area contributed by atoms with Gasteiger partial charge in [-0.3, -0.25) is 4.79 Å². The Morgan fingerprint density at radius 1 is 1.06 bits per heavy atom. The highest BCUT2D eigenvalue weighted by Gasteiger charge is 2.31. The Morgan fingerprint density at radius 3 is 2.69 bits per heavy atom. The minimum Gasteiger partial charge on any atom is -0.485 e. The number of hydrogen-bond acceptors (Lipinski definition) is 7. The van der Waals surface area contributed by atoms with Gasteiger partial charge < -0.3 is 13.9 Å². The van der Waals surface area contributed by atoms with Crippen LogP contribution in [0.15, 0.2) is 69.9 Å². The number of halogens is 3. The van der Waals surface area contributed by atoms with Crippen LogP contribution in [-0.2, 0) is 6.18 Å². The molecule has 1 atom stereocenters. The molecule has 0 radical (unpaired) electrons. The summed E-state index contributed by atoms with van der Waals surface area (Å²) in [4.78, 5) is 17.7. The molecule has 3 aromatic heterocycles. The largest absolute Gasteiger partial charge is 0.485 e. The Bertz CT molecular complexity index is 1670. The van der Waals surface area contributed by atoms with Crippen molar-refractivity contribution in [3.8, 4) is 22.8 Å². The molecule has 6 rings (SSSR count). The molecular formula is C24H14F3N3O4S. The number of aromatic nitrogens is 3. The molecule has 4 heterocycles. The van der Waals surface area contributed by atoms with Gasteiger partial charge in [-0.05, 0) is 36.4 Å². The summed E-state index contributed by atoms with van der Waals surface area (Å²) >= 11 is 1.12. The van der Waals surface area contributed by atoms with E-state index in [0.29, 0.717) is 32.6 Å². The Hall–Kier alpha value is -4.12. The van der Waals surface area contributed by atoms with Crippen molar-refractivity contribution < 1.29 is 27.1 Å². The van der Waals surface area contributed by atoms with Crippen LogP contribution >= 0.6 is 11.3 Å². The highest BCUT2D eigenvalue weighted by molar-refractivity contribution is 7.15. The van der Waals surface area contributed by atoms with Crippen molar-refractivity contribution in [3.05, 3.63) is 92.7 Å². The van der Waals surface area contributed by atoms with Crippen LogP contribution in [0.3, 0.4) is 0 Å². The van der Waals surface area contributed by atoms with Gasteiger partial charge in [0.05, 0.1) is 5.56 Å². The number of benzene rings is 2. The lowest BCUT2D eigenvalue weighted by molar-refractivity contribution is -0.137. The molecule has 1 aliphatic rings. The monoisotopic (exact) mass is 497 g/mol. The van der Waals surface area contributed by atoms with E-state index in [0.717, 1.165) is 23.5 Å². The van der Waals surface area contributed by atoms with Crippen molar-refractivity contribution in [1.29, 1.82) is 0 Å². The quantitative estimate of drug-likeness (QED) is 0.366. The lowest BCUT2D eigenvalue weighted by Crippen LogP contribution is -2.26. The number of nitrogens with zero attached hydrogens (tertiary/aromatic N) is 3. The van der Waals surface area contributed by atoms with E-state index in [4.69, 9.17) is 13.9 Å². The van der Waals surface area contributed by atoms with Gasteiger partial charge in [0.2, 0.25) is 4.96 Å². The molecule has 0 fully saturated rings. The van der Waals surface area contributed by atoms with Crippen LogP contribution in [0.2, 0.25) is 0 Å². The van der Waals surface area contributed by atoms with Gasteiger partial charge in [0.15, 0.2) is 23.4 Å². The van der Waals surface area contributed by atoms with E-state index >= 15 is 0 Å². The summed E-state index contributed by atoms with van der Waals surface area (Å²) in [6.45, 7) is 0.215. The van der Waals surface area contributed by atoms with Crippen molar-refractivity contribution in [2.75, 3.05) is 6.61 Å². The Kier molecular flexibility index (Phi) is 4.88. The third kappa shape index (κ3) is 3.93. The first-order valence-corrected chi connectivity index (χ1v) is 11.2. The smallest absolute Gasteiger partial charge is 0.416 e. The van der Waals surface area contributed by atoms with Crippen LogP contribution in [0.25, 0.3) is 22.4 Å². The van der Waals surface area contributed by atoms with Gasteiger partial charge in [-0.25, -0.2) is 0 Å². The summed E-state index contributed by atoms with van der Waals surface area (Å²) in [7, 11) is 0. The van der Waals surface area contributed by atoms with Crippen molar-refractivity contribution in [3.63, 3.8) is 0 Å². The number of alkyl halides is 3. The van der Waals surface area contributed by atoms with Crippen LogP contribution in [0.1, 0.15) is 23.3 Å². The molecule has 1 aliphatic heterocycles. The molecule has 0 amide bonds. The maximum absolute atomic E-state index is 13.0. The summed E-state index contributed by atoms with van der Waals surface area (Å²) in [5.41, 5.74) is -0.876. The van der Waals surface area contributed by atoms with Gasteiger partial charge in [0.1, 0.15) is 22.7 Å². The molecule has 0 saturated heterocycles. The average molecular weight is 497 g/mol. The predicted molar refractivity (Wildman–Crippen MR) is 120 cm³/mol. The second kappa shape index (κ2) is 7.98. The molecule has 5 aromatic rings. The molecule has 7 nitrogen and oxygen atoms in total. The molecule has 0 N–H and O–H groups in total. The zero-order valence-electron chi connectivity index (χ0n) is 17.7. The van der Waals surface area contributed by atoms with E-state index in [1.165, 1.54) is 22.7 Å². The van der Waals surface area contributed by atoms with Crippen LogP contribution in [0.5, 0.6) is 11.5 Å². The Labute approximate surface area is 198 Å². The van der Waals surface area contributed by atoms with Gasteiger partial charge in [-0.1, -0.05) is 35.6 Å². The molecular weight excluding hydrogens is 483 g/mol. The average Bonchev–Trinajstić information content (AvgIpc) is 3.56. The SMILES string of the molecule is O=c1/c(=C/c2ccc(-c3cccc(C(F)(F)F)c3)o2)sc2nc([C@H]3COc4ccccc4O3)nn12. The molecule has 0 saturated carbocycles. The van der Waals surface area contributed by atoms with Crippen molar-refractivity contribution >= 4 is 22.4 Å². The highest BCUT2D eigenvalue weighted by atomic mass is 32.1. The molecule has 0 unspecified atom stereocenters. The number of para-hydroxylation sites is 2. The number of furan rings is 1. The second-order valence-electron chi connectivity index (χ2n) is 7.72. The lowest BCUT2D eigenvalue weighted by atomic mass is 10.1. The van der Waals surface area contributed by atoms with Gasteiger partial charge in [0.25, 0.3) is 5.56 Å². The number of ether oxygens (including phenoxy) is 2.